The molecule has 1 saturated carbocycles. The smallest absolute Gasteiger partial charge is 0.166 e. The molecule has 1 aliphatic carbocycles. The summed E-state index contributed by atoms with van der Waals surface area (Å²) >= 11 is 0. The molecule has 1 rings (SSSR count). The molecule has 1 fully saturated rings. The van der Waals surface area contributed by atoms with E-state index in [0.29, 0.717) is 13.0 Å². The molecule has 88 valence electrons. The van der Waals surface area contributed by atoms with Crippen LogP contribution in [0.3, 0.4) is 0 Å². The highest BCUT2D eigenvalue weighted by Crippen LogP contribution is 2.23. The van der Waals surface area contributed by atoms with Gasteiger partial charge in [-0.25, -0.2) is 0 Å². The molecule has 0 N–H and O–H groups in total. The van der Waals surface area contributed by atoms with Crippen LogP contribution in [0.15, 0.2) is 0 Å². The first kappa shape index (κ1) is 12.7. The fourth-order valence-electron chi connectivity index (χ4n) is 1.72. The van der Waals surface area contributed by atoms with E-state index < -0.39 is 0 Å². The normalized spacial score (nSPS) is 25.7. The van der Waals surface area contributed by atoms with Gasteiger partial charge in [0, 0.05) is 19.6 Å². The molecule has 0 aromatic rings. The predicted molar refractivity (Wildman–Crippen MR) is 58.9 cm³/mol. The zero-order valence-electron chi connectivity index (χ0n) is 9.99. The van der Waals surface area contributed by atoms with E-state index in [2.05, 4.69) is 13.8 Å². The standard InChI is InChI=1S/C12H22O3/c1-4-14-12-10(13)8-11(12)15-7-5-6-9(2)3/h9,11-12H,4-8H2,1-3H3. The number of carbonyl (C=O) groups is 1. The van der Waals surface area contributed by atoms with Crippen LogP contribution in [0.2, 0.25) is 0 Å². The highest BCUT2D eigenvalue weighted by Gasteiger charge is 2.41. The Morgan fingerprint density at radius 1 is 1.40 bits per heavy atom. The first-order valence-electron chi connectivity index (χ1n) is 5.91. The third-order valence-electron chi connectivity index (χ3n) is 2.66. The molecular weight excluding hydrogens is 192 g/mol. The van der Waals surface area contributed by atoms with Gasteiger partial charge in [-0.3, -0.25) is 4.79 Å². The van der Waals surface area contributed by atoms with E-state index in [-0.39, 0.29) is 18.0 Å². The second kappa shape index (κ2) is 6.23. The molecule has 0 saturated heterocycles. The Balaban J connectivity index is 2.09. The lowest BCUT2D eigenvalue weighted by Crippen LogP contribution is -2.50. The minimum atomic E-state index is -0.283. The van der Waals surface area contributed by atoms with Crippen molar-refractivity contribution in [2.75, 3.05) is 13.2 Å². The van der Waals surface area contributed by atoms with Gasteiger partial charge in [0.2, 0.25) is 0 Å². The number of ketones is 1. The van der Waals surface area contributed by atoms with E-state index in [1.54, 1.807) is 0 Å². The predicted octanol–water partition coefficient (Wildman–Crippen LogP) is 2.19. The summed E-state index contributed by atoms with van der Waals surface area (Å²) in [6.07, 6.45) is 2.52. The molecule has 1 aliphatic rings. The van der Waals surface area contributed by atoms with Crippen molar-refractivity contribution < 1.29 is 14.3 Å². The molecule has 0 amide bonds. The van der Waals surface area contributed by atoms with Crippen molar-refractivity contribution in [2.24, 2.45) is 5.92 Å². The molecule has 15 heavy (non-hydrogen) atoms. The van der Waals surface area contributed by atoms with E-state index in [9.17, 15) is 4.79 Å². The zero-order chi connectivity index (χ0) is 11.3. The Kier molecular flexibility index (Phi) is 5.26. The number of rotatable bonds is 7. The van der Waals surface area contributed by atoms with Crippen molar-refractivity contribution in [3.63, 3.8) is 0 Å². The Bertz CT molecular complexity index is 201. The third-order valence-corrected chi connectivity index (χ3v) is 2.66. The lowest BCUT2D eigenvalue weighted by atomic mass is 9.90. The molecule has 2 unspecified atom stereocenters. The highest BCUT2D eigenvalue weighted by atomic mass is 16.5. The van der Waals surface area contributed by atoms with Crippen LogP contribution < -0.4 is 0 Å². The van der Waals surface area contributed by atoms with E-state index >= 15 is 0 Å². The van der Waals surface area contributed by atoms with Crippen LogP contribution in [0.4, 0.5) is 0 Å². The second-order valence-electron chi connectivity index (χ2n) is 4.49. The van der Waals surface area contributed by atoms with Crippen LogP contribution in [0.1, 0.15) is 40.0 Å². The van der Waals surface area contributed by atoms with E-state index in [0.717, 1.165) is 18.9 Å². The summed E-state index contributed by atoms with van der Waals surface area (Å²) in [4.78, 5) is 11.2. The molecule has 0 bridgehead atoms. The summed E-state index contributed by atoms with van der Waals surface area (Å²) in [5.41, 5.74) is 0. The summed E-state index contributed by atoms with van der Waals surface area (Å²) in [6.45, 7) is 7.65. The number of hydrogen-bond donors (Lipinski definition) is 0. The zero-order valence-corrected chi connectivity index (χ0v) is 9.99. The maximum absolute atomic E-state index is 11.2. The van der Waals surface area contributed by atoms with Crippen LogP contribution in [-0.2, 0) is 14.3 Å². The first-order chi connectivity index (χ1) is 7.15. The molecule has 3 nitrogen and oxygen atoms in total. The maximum Gasteiger partial charge on any atom is 0.166 e. The first-order valence-corrected chi connectivity index (χ1v) is 5.91. The van der Waals surface area contributed by atoms with Crippen LogP contribution in [0, 0.1) is 5.92 Å². The SMILES string of the molecule is CCOC1C(=O)CC1OCCCC(C)C. The third kappa shape index (κ3) is 3.92. The number of ether oxygens (including phenoxy) is 2. The van der Waals surface area contributed by atoms with Gasteiger partial charge in [0.15, 0.2) is 5.78 Å². The van der Waals surface area contributed by atoms with Gasteiger partial charge in [0.1, 0.15) is 6.10 Å². The molecule has 0 aromatic heterocycles. The average molecular weight is 214 g/mol. The Morgan fingerprint density at radius 3 is 2.67 bits per heavy atom. The van der Waals surface area contributed by atoms with Crippen LogP contribution in [0.25, 0.3) is 0 Å². The lowest BCUT2D eigenvalue weighted by Gasteiger charge is -2.34. The van der Waals surface area contributed by atoms with E-state index in [1.165, 1.54) is 6.42 Å². The van der Waals surface area contributed by atoms with Gasteiger partial charge < -0.3 is 9.47 Å². The highest BCUT2D eigenvalue weighted by molar-refractivity contribution is 5.90. The number of hydrogen-bond acceptors (Lipinski definition) is 3. The van der Waals surface area contributed by atoms with E-state index in [4.69, 9.17) is 9.47 Å². The van der Waals surface area contributed by atoms with Crippen LogP contribution in [0.5, 0.6) is 0 Å². The van der Waals surface area contributed by atoms with Crippen molar-refractivity contribution in [1.82, 2.24) is 0 Å². The van der Waals surface area contributed by atoms with Gasteiger partial charge >= 0.3 is 0 Å². The topological polar surface area (TPSA) is 35.5 Å². The van der Waals surface area contributed by atoms with Crippen molar-refractivity contribution in [3.05, 3.63) is 0 Å². The summed E-state index contributed by atoms with van der Waals surface area (Å²) in [5.74, 6) is 0.907. The Labute approximate surface area is 92.1 Å². The molecule has 0 aromatic carbocycles. The van der Waals surface area contributed by atoms with Crippen LogP contribution >= 0.6 is 0 Å². The van der Waals surface area contributed by atoms with Crippen molar-refractivity contribution in [1.29, 1.82) is 0 Å². The largest absolute Gasteiger partial charge is 0.375 e. The van der Waals surface area contributed by atoms with Gasteiger partial charge in [-0.1, -0.05) is 13.8 Å². The van der Waals surface area contributed by atoms with Crippen molar-refractivity contribution in [2.45, 2.75) is 52.2 Å². The lowest BCUT2D eigenvalue weighted by molar-refractivity contribution is -0.165. The molecule has 0 radical (unpaired) electrons. The van der Waals surface area contributed by atoms with Crippen molar-refractivity contribution in [3.8, 4) is 0 Å². The quantitative estimate of drug-likeness (QED) is 0.609. The monoisotopic (exact) mass is 214 g/mol. The summed E-state index contributed by atoms with van der Waals surface area (Å²) in [5, 5.41) is 0. The Morgan fingerprint density at radius 2 is 2.13 bits per heavy atom. The minimum Gasteiger partial charge on any atom is -0.375 e. The maximum atomic E-state index is 11.2. The van der Waals surface area contributed by atoms with Gasteiger partial charge in [0.05, 0.1) is 6.10 Å². The molecule has 0 spiro atoms. The van der Waals surface area contributed by atoms with E-state index in [1.807, 2.05) is 6.92 Å². The molecule has 3 heteroatoms. The van der Waals surface area contributed by atoms with Gasteiger partial charge in [-0.15, -0.1) is 0 Å². The van der Waals surface area contributed by atoms with Gasteiger partial charge in [-0.05, 0) is 25.7 Å². The minimum absolute atomic E-state index is 0.0182. The average Bonchev–Trinajstić information content (AvgIpc) is 2.18. The molecular formula is C12H22O3. The fourth-order valence-corrected chi connectivity index (χ4v) is 1.72. The van der Waals surface area contributed by atoms with Gasteiger partial charge in [-0.2, -0.15) is 0 Å². The number of carbonyl (C=O) groups excluding carboxylic acids is 1. The van der Waals surface area contributed by atoms with Crippen LogP contribution in [-0.4, -0.2) is 31.2 Å². The van der Waals surface area contributed by atoms with Crippen molar-refractivity contribution >= 4 is 5.78 Å². The fraction of sp³-hybridized carbons (Fsp3) is 0.917. The van der Waals surface area contributed by atoms with Gasteiger partial charge in [0.25, 0.3) is 0 Å². The second-order valence-corrected chi connectivity index (χ2v) is 4.49. The number of Topliss-reactive ketones (excluding diaryl/α,β-unsaturated/α-hetero) is 1. The summed E-state index contributed by atoms with van der Waals surface area (Å²) in [6, 6.07) is 0. The molecule has 0 aliphatic heterocycles. The Hall–Kier alpha value is -0.410. The summed E-state index contributed by atoms with van der Waals surface area (Å²) < 4.78 is 10.9. The molecule has 0 heterocycles. The molecule has 2 atom stereocenters. The summed E-state index contributed by atoms with van der Waals surface area (Å²) in [7, 11) is 0.